The molecule has 2 aliphatic rings. The van der Waals surface area contributed by atoms with E-state index < -0.39 is 0 Å². The van der Waals surface area contributed by atoms with Crippen LogP contribution in [0.2, 0.25) is 0 Å². The molecule has 5 nitrogen and oxygen atoms in total. The molecule has 1 aromatic rings. The van der Waals surface area contributed by atoms with Gasteiger partial charge in [-0.2, -0.15) is 0 Å². The van der Waals surface area contributed by atoms with Crippen LogP contribution in [0, 0.1) is 5.92 Å². The van der Waals surface area contributed by atoms with Crippen LogP contribution in [0.5, 0.6) is 0 Å². The molecule has 2 fully saturated rings. The van der Waals surface area contributed by atoms with Crippen LogP contribution in [-0.4, -0.2) is 41.9 Å². The minimum atomic E-state index is -0.0647. The van der Waals surface area contributed by atoms with Crippen LogP contribution >= 0.6 is 0 Å². The number of amides is 2. The molecule has 1 aliphatic carbocycles. The number of anilines is 1. The first kappa shape index (κ1) is 17.9. The Labute approximate surface area is 150 Å². The molecule has 1 aromatic carbocycles. The lowest BCUT2D eigenvalue weighted by Gasteiger charge is -2.41. The van der Waals surface area contributed by atoms with Gasteiger partial charge in [0.1, 0.15) is 0 Å². The van der Waals surface area contributed by atoms with Gasteiger partial charge in [0, 0.05) is 29.3 Å². The van der Waals surface area contributed by atoms with Crippen molar-refractivity contribution in [3.05, 3.63) is 29.8 Å². The number of piperidine rings is 1. The number of hydrogen-bond donors (Lipinski definition) is 2. The first-order valence-corrected chi connectivity index (χ1v) is 9.40. The summed E-state index contributed by atoms with van der Waals surface area (Å²) in [6.07, 6.45) is 5.76. The van der Waals surface area contributed by atoms with Crippen LogP contribution in [0.3, 0.4) is 0 Å². The number of carbonyl (C=O) groups is 2. The van der Waals surface area contributed by atoms with Crippen molar-refractivity contribution < 1.29 is 9.59 Å². The lowest BCUT2D eigenvalue weighted by atomic mass is 9.98. The van der Waals surface area contributed by atoms with Crippen molar-refractivity contribution >= 4 is 17.5 Å². The largest absolute Gasteiger partial charge is 0.350 e. The van der Waals surface area contributed by atoms with E-state index in [1.165, 1.54) is 19.3 Å². The van der Waals surface area contributed by atoms with Gasteiger partial charge in [-0.15, -0.1) is 0 Å². The highest BCUT2D eigenvalue weighted by molar-refractivity contribution is 5.96. The second kappa shape index (κ2) is 7.56. The molecule has 1 aliphatic heterocycles. The monoisotopic (exact) mass is 343 g/mol. The summed E-state index contributed by atoms with van der Waals surface area (Å²) in [5, 5.41) is 5.95. The average molecular weight is 343 g/mol. The first-order valence-electron chi connectivity index (χ1n) is 9.40. The van der Waals surface area contributed by atoms with E-state index >= 15 is 0 Å². The fourth-order valence-corrected chi connectivity index (χ4v) is 3.30. The van der Waals surface area contributed by atoms with Gasteiger partial charge in [-0.05, 0) is 76.9 Å². The summed E-state index contributed by atoms with van der Waals surface area (Å²) in [6.45, 7) is 7.23. The highest BCUT2D eigenvalue weighted by Gasteiger charge is 2.30. The van der Waals surface area contributed by atoms with Crippen molar-refractivity contribution in [2.75, 3.05) is 25.0 Å². The Morgan fingerprint density at radius 3 is 2.32 bits per heavy atom. The predicted octanol–water partition coefficient (Wildman–Crippen LogP) is 3.03. The average Bonchev–Trinajstić information content (AvgIpc) is 3.46. The Hall–Kier alpha value is -1.88. The van der Waals surface area contributed by atoms with Gasteiger partial charge in [0.15, 0.2) is 0 Å². The van der Waals surface area contributed by atoms with Crippen LogP contribution in [0.4, 0.5) is 5.69 Å². The van der Waals surface area contributed by atoms with E-state index in [0.717, 1.165) is 31.6 Å². The molecule has 3 rings (SSSR count). The van der Waals surface area contributed by atoms with Gasteiger partial charge in [0.25, 0.3) is 5.91 Å². The topological polar surface area (TPSA) is 61.4 Å². The zero-order valence-corrected chi connectivity index (χ0v) is 15.3. The molecule has 0 radical (unpaired) electrons. The molecule has 1 saturated carbocycles. The lowest BCUT2D eigenvalue weighted by molar-refractivity contribution is -0.117. The third kappa shape index (κ3) is 4.82. The first-order chi connectivity index (χ1) is 12.0. The molecule has 25 heavy (non-hydrogen) atoms. The van der Waals surface area contributed by atoms with E-state index in [1.54, 1.807) is 24.3 Å². The van der Waals surface area contributed by atoms with Crippen molar-refractivity contribution in [3.8, 4) is 0 Å². The minimum absolute atomic E-state index is 0.0335. The van der Waals surface area contributed by atoms with E-state index in [-0.39, 0.29) is 23.3 Å². The number of nitrogens with one attached hydrogen (secondary N) is 2. The zero-order valence-electron chi connectivity index (χ0n) is 15.3. The normalized spacial score (nSPS) is 18.6. The summed E-state index contributed by atoms with van der Waals surface area (Å²) in [5.74, 6) is 0.200. The predicted molar refractivity (Wildman–Crippen MR) is 99.6 cm³/mol. The van der Waals surface area contributed by atoms with Gasteiger partial charge in [-0.1, -0.05) is 6.42 Å². The molecule has 0 spiro atoms. The summed E-state index contributed by atoms with van der Waals surface area (Å²) >= 11 is 0. The molecule has 1 heterocycles. The number of likely N-dealkylation sites (tertiary alicyclic amines) is 1. The van der Waals surface area contributed by atoms with Crippen molar-refractivity contribution in [3.63, 3.8) is 0 Å². The molecule has 2 N–H and O–H groups in total. The summed E-state index contributed by atoms with van der Waals surface area (Å²) < 4.78 is 0. The van der Waals surface area contributed by atoms with Gasteiger partial charge >= 0.3 is 0 Å². The number of rotatable bonds is 6. The van der Waals surface area contributed by atoms with Crippen LogP contribution in [0.25, 0.3) is 0 Å². The van der Waals surface area contributed by atoms with Gasteiger partial charge in [0.2, 0.25) is 5.91 Å². The maximum atomic E-state index is 12.4. The fraction of sp³-hybridized carbons (Fsp3) is 0.600. The standard InChI is InChI=1S/C20H29N3O2/c1-20(2,23-12-4-3-5-13-23)14-21-18(24)15-8-10-17(11-9-15)22-19(25)16-6-7-16/h8-11,16H,3-7,12-14H2,1-2H3,(H,21,24)(H,22,25). The van der Waals surface area contributed by atoms with Crippen molar-refractivity contribution in [2.24, 2.45) is 5.92 Å². The Morgan fingerprint density at radius 2 is 1.72 bits per heavy atom. The summed E-state index contributed by atoms with van der Waals surface area (Å²) in [5.41, 5.74) is 1.34. The van der Waals surface area contributed by atoms with Gasteiger partial charge in [-0.3, -0.25) is 14.5 Å². The van der Waals surface area contributed by atoms with Gasteiger partial charge in [0.05, 0.1) is 0 Å². The van der Waals surface area contributed by atoms with Gasteiger partial charge in [-0.25, -0.2) is 0 Å². The number of benzene rings is 1. The summed E-state index contributed by atoms with van der Waals surface area (Å²) in [4.78, 5) is 26.6. The Morgan fingerprint density at radius 1 is 1.08 bits per heavy atom. The fourth-order valence-electron chi connectivity index (χ4n) is 3.30. The van der Waals surface area contributed by atoms with Crippen LogP contribution in [0.15, 0.2) is 24.3 Å². The molecule has 0 atom stereocenters. The minimum Gasteiger partial charge on any atom is -0.350 e. The lowest BCUT2D eigenvalue weighted by Crippen LogP contribution is -2.53. The van der Waals surface area contributed by atoms with Crippen molar-refractivity contribution in [1.29, 1.82) is 0 Å². The van der Waals surface area contributed by atoms with Crippen molar-refractivity contribution in [1.82, 2.24) is 10.2 Å². The maximum Gasteiger partial charge on any atom is 0.251 e. The second-order valence-corrected chi connectivity index (χ2v) is 7.88. The number of carbonyl (C=O) groups excluding carboxylic acids is 2. The van der Waals surface area contributed by atoms with E-state index in [4.69, 9.17) is 0 Å². The molecule has 5 heteroatoms. The highest BCUT2D eigenvalue weighted by atomic mass is 16.2. The molecule has 0 unspecified atom stereocenters. The van der Waals surface area contributed by atoms with Crippen molar-refractivity contribution in [2.45, 2.75) is 51.5 Å². The van der Waals surface area contributed by atoms with E-state index in [2.05, 4.69) is 29.4 Å². The molecule has 0 aromatic heterocycles. The second-order valence-electron chi connectivity index (χ2n) is 7.88. The number of hydrogen-bond acceptors (Lipinski definition) is 3. The van der Waals surface area contributed by atoms with Crippen LogP contribution in [0.1, 0.15) is 56.3 Å². The van der Waals surface area contributed by atoms with E-state index in [9.17, 15) is 9.59 Å². The quantitative estimate of drug-likeness (QED) is 0.835. The maximum absolute atomic E-state index is 12.4. The molecular formula is C20H29N3O2. The Kier molecular flexibility index (Phi) is 5.42. The smallest absolute Gasteiger partial charge is 0.251 e. The van der Waals surface area contributed by atoms with Crippen LogP contribution < -0.4 is 10.6 Å². The highest BCUT2D eigenvalue weighted by Crippen LogP contribution is 2.30. The third-order valence-corrected chi connectivity index (χ3v) is 5.26. The SMILES string of the molecule is CC(C)(CNC(=O)c1ccc(NC(=O)C2CC2)cc1)N1CCCCC1. The summed E-state index contributed by atoms with van der Waals surface area (Å²) in [6, 6.07) is 7.13. The molecule has 136 valence electrons. The van der Waals surface area contributed by atoms with E-state index in [1.807, 2.05) is 0 Å². The molecule has 2 amide bonds. The third-order valence-electron chi connectivity index (χ3n) is 5.26. The Balaban J connectivity index is 1.51. The molecular weight excluding hydrogens is 314 g/mol. The van der Waals surface area contributed by atoms with Crippen LogP contribution in [-0.2, 0) is 4.79 Å². The number of nitrogens with zero attached hydrogens (tertiary/aromatic N) is 1. The molecule has 1 saturated heterocycles. The Bertz CT molecular complexity index is 614. The van der Waals surface area contributed by atoms with E-state index in [0.29, 0.717) is 12.1 Å². The zero-order chi connectivity index (χ0) is 17.9. The summed E-state index contributed by atoms with van der Waals surface area (Å²) in [7, 11) is 0. The van der Waals surface area contributed by atoms with Gasteiger partial charge < -0.3 is 10.6 Å². The molecule has 0 bridgehead atoms.